The molecule has 2 amide bonds. The molecule has 0 aliphatic heterocycles. The van der Waals surface area contributed by atoms with Gasteiger partial charge in [0.25, 0.3) is 0 Å². The molecule has 2 rings (SSSR count). The van der Waals surface area contributed by atoms with E-state index in [1.807, 2.05) is 88.0 Å². The average Bonchev–Trinajstić information content (AvgIpc) is 2.70. The number of benzene rings is 2. The summed E-state index contributed by atoms with van der Waals surface area (Å²) in [5, 5.41) is 2.93. The van der Waals surface area contributed by atoms with E-state index in [-0.39, 0.29) is 17.9 Å². The lowest BCUT2D eigenvalue weighted by Gasteiger charge is -2.35. The van der Waals surface area contributed by atoms with Gasteiger partial charge in [-0.25, -0.2) is 0 Å². The summed E-state index contributed by atoms with van der Waals surface area (Å²) < 4.78 is 0. The maximum atomic E-state index is 13.4. The van der Waals surface area contributed by atoms with Crippen molar-refractivity contribution >= 4 is 23.2 Å². The van der Waals surface area contributed by atoms with Gasteiger partial charge in [-0.2, -0.15) is 0 Å². The molecule has 0 heterocycles. The summed E-state index contributed by atoms with van der Waals surface area (Å²) in [5.74, 6) is 0.0605. The summed E-state index contributed by atoms with van der Waals surface area (Å²) in [4.78, 5) is 29.3. The summed E-state index contributed by atoms with van der Waals surface area (Å²) in [5.41, 5.74) is 3.36. The second-order valence-corrected chi connectivity index (χ2v) is 8.91. The van der Waals surface area contributed by atoms with Crippen LogP contribution < -0.4 is 10.2 Å². The van der Waals surface area contributed by atoms with E-state index in [0.29, 0.717) is 13.0 Å². The number of carbonyl (C=O) groups is 2. The number of hydrogen-bond acceptors (Lipinski definition) is 3. The third kappa shape index (κ3) is 5.85. The van der Waals surface area contributed by atoms with Crippen molar-refractivity contribution in [1.29, 1.82) is 0 Å². The van der Waals surface area contributed by atoms with Crippen LogP contribution >= 0.6 is 0 Å². The molecule has 0 radical (unpaired) electrons. The van der Waals surface area contributed by atoms with Crippen LogP contribution in [0.4, 0.5) is 11.4 Å². The lowest BCUT2D eigenvalue weighted by molar-refractivity contribution is -0.142. The zero-order valence-corrected chi connectivity index (χ0v) is 19.3. The van der Waals surface area contributed by atoms with E-state index in [1.165, 1.54) is 0 Å². The van der Waals surface area contributed by atoms with E-state index in [0.717, 1.165) is 22.5 Å². The molecule has 0 aliphatic rings. The van der Waals surface area contributed by atoms with E-state index in [9.17, 15) is 9.59 Å². The quantitative estimate of drug-likeness (QED) is 0.681. The monoisotopic (exact) mass is 409 g/mol. The molecular weight excluding hydrogens is 374 g/mol. The fraction of sp³-hybridized carbons (Fsp3) is 0.440. The van der Waals surface area contributed by atoms with Gasteiger partial charge in [-0.1, -0.05) is 58.0 Å². The first-order valence-electron chi connectivity index (χ1n) is 10.5. The van der Waals surface area contributed by atoms with Crippen LogP contribution in [-0.2, 0) is 16.1 Å². The standard InChI is InChI=1S/C25H35N3O2/c1-8-23(29)26-21-14-15-22(27(6)7)20(16-21)17-28(24(30)25(3,4)5)18(2)19-12-10-9-11-13-19/h9-16,18H,8,17H2,1-7H3,(H,26,29)/t18-/m1/s1. The summed E-state index contributed by atoms with van der Waals surface area (Å²) in [6.07, 6.45) is 0.421. The van der Waals surface area contributed by atoms with Crippen LogP contribution in [0, 0.1) is 5.41 Å². The Hall–Kier alpha value is -2.82. The highest BCUT2D eigenvalue weighted by molar-refractivity contribution is 5.91. The predicted octanol–water partition coefficient (Wildman–Crippen LogP) is 5.24. The Kier molecular flexibility index (Phi) is 7.65. The molecule has 1 N–H and O–H groups in total. The highest BCUT2D eigenvalue weighted by Crippen LogP contribution is 2.32. The van der Waals surface area contributed by atoms with Gasteiger partial charge in [0.2, 0.25) is 11.8 Å². The Morgan fingerprint density at radius 3 is 2.20 bits per heavy atom. The Labute approximate surface area is 181 Å². The van der Waals surface area contributed by atoms with Crippen molar-refractivity contribution in [1.82, 2.24) is 4.90 Å². The van der Waals surface area contributed by atoms with Crippen molar-refractivity contribution in [2.75, 3.05) is 24.3 Å². The molecule has 0 saturated carbocycles. The van der Waals surface area contributed by atoms with Crippen molar-refractivity contribution in [2.45, 2.75) is 53.6 Å². The number of rotatable bonds is 7. The molecule has 0 aliphatic carbocycles. The molecule has 2 aromatic carbocycles. The third-order valence-electron chi connectivity index (χ3n) is 5.16. The second kappa shape index (κ2) is 9.79. The van der Waals surface area contributed by atoms with Gasteiger partial charge in [-0.15, -0.1) is 0 Å². The summed E-state index contributed by atoms with van der Waals surface area (Å²) in [6.45, 7) is 10.2. The highest BCUT2D eigenvalue weighted by Gasteiger charge is 2.31. The Morgan fingerprint density at radius 2 is 1.67 bits per heavy atom. The fourth-order valence-corrected chi connectivity index (χ4v) is 3.39. The lowest BCUT2D eigenvalue weighted by atomic mass is 9.92. The first kappa shape index (κ1) is 23.5. The Bertz CT molecular complexity index is 870. The van der Waals surface area contributed by atoms with E-state index < -0.39 is 5.41 Å². The topological polar surface area (TPSA) is 52.7 Å². The maximum absolute atomic E-state index is 13.4. The first-order valence-corrected chi connectivity index (χ1v) is 10.5. The van der Waals surface area contributed by atoms with Crippen molar-refractivity contribution in [3.63, 3.8) is 0 Å². The molecular formula is C25H35N3O2. The largest absolute Gasteiger partial charge is 0.377 e. The van der Waals surface area contributed by atoms with Crippen molar-refractivity contribution in [2.24, 2.45) is 5.41 Å². The van der Waals surface area contributed by atoms with Gasteiger partial charge in [0, 0.05) is 43.9 Å². The minimum Gasteiger partial charge on any atom is -0.377 e. The zero-order valence-electron chi connectivity index (χ0n) is 19.3. The average molecular weight is 410 g/mol. The normalized spacial score (nSPS) is 12.2. The number of amides is 2. The van der Waals surface area contributed by atoms with Crippen molar-refractivity contribution in [3.8, 4) is 0 Å². The first-order chi connectivity index (χ1) is 14.0. The molecule has 0 fully saturated rings. The third-order valence-corrected chi connectivity index (χ3v) is 5.16. The predicted molar refractivity (Wildman–Crippen MR) is 125 cm³/mol. The number of anilines is 2. The molecule has 0 aromatic heterocycles. The van der Waals surface area contributed by atoms with E-state index >= 15 is 0 Å². The summed E-state index contributed by atoms with van der Waals surface area (Å²) in [7, 11) is 3.97. The van der Waals surface area contributed by atoms with Crippen molar-refractivity contribution in [3.05, 3.63) is 59.7 Å². The van der Waals surface area contributed by atoms with Gasteiger partial charge >= 0.3 is 0 Å². The second-order valence-electron chi connectivity index (χ2n) is 8.91. The van der Waals surface area contributed by atoms with Crippen LogP contribution in [0.15, 0.2) is 48.5 Å². The molecule has 5 nitrogen and oxygen atoms in total. The van der Waals surface area contributed by atoms with Gasteiger partial charge in [0.15, 0.2) is 0 Å². The highest BCUT2D eigenvalue weighted by atomic mass is 16.2. The van der Waals surface area contributed by atoms with Gasteiger partial charge in [0.1, 0.15) is 0 Å². The molecule has 2 aromatic rings. The zero-order chi connectivity index (χ0) is 22.5. The number of nitrogens with zero attached hydrogens (tertiary/aromatic N) is 2. The van der Waals surface area contributed by atoms with Crippen LogP contribution in [0.5, 0.6) is 0 Å². The molecule has 0 unspecified atom stereocenters. The smallest absolute Gasteiger partial charge is 0.228 e. The van der Waals surface area contributed by atoms with Gasteiger partial charge in [-0.05, 0) is 36.2 Å². The molecule has 0 spiro atoms. The fourth-order valence-electron chi connectivity index (χ4n) is 3.39. The number of carbonyl (C=O) groups excluding carboxylic acids is 2. The summed E-state index contributed by atoms with van der Waals surface area (Å²) in [6, 6.07) is 15.9. The molecule has 5 heteroatoms. The Morgan fingerprint density at radius 1 is 1.03 bits per heavy atom. The van der Waals surface area contributed by atoms with Gasteiger partial charge < -0.3 is 15.1 Å². The minimum absolute atomic E-state index is 0.0289. The SMILES string of the molecule is CCC(=O)Nc1ccc(N(C)C)c(CN(C(=O)C(C)(C)C)[C@H](C)c2ccccc2)c1. The van der Waals surface area contributed by atoms with Crippen LogP contribution in [0.25, 0.3) is 0 Å². The van der Waals surface area contributed by atoms with E-state index in [2.05, 4.69) is 24.4 Å². The van der Waals surface area contributed by atoms with Gasteiger partial charge in [0.05, 0.1) is 6.04 Å². The molecule has 162 valence electrons. The lowest BCUT2D eigenvalue weighted by Crippen LogP contribution is -2.40. The molecule has 0 bridgehead atoms. The number of hydrogen-bond donors (Lipinski definition) is 1. The van der Waals surface area contributed by atoms with E-state index in [4.69, 9.17) is 0 Å². The van der Waals surface area contributed by atoms with Crippen LogP contribution in [0.1, 0.15) is 58.2 Å². The molecule has 30 heavy (non-hydrogen) atoms. The Balaban J connectivity index is 2.48. The summed E-state index contributed by atoms with van der Waals surface area (Å²) >= 11 is 0. The molecule has 1 atom stereocenters. The van der Waals surface area contributed by atoms with E-state index in [1.54, 1.807) is 0 Å². The number of nitrogens with one attached hydrogen (secondary N) is 1. The minimum atomic E-state index is -0.505. The van der Waals surface area contributed by atoms with Gasteiger partial charge in [-0.3, -0.25) is 9.59 Å². The van der Waals surface area contributed by atoms with Crippen LogP contribution in [0.3, 0.4) is 0 Å². The molecule has 0 saturated heterocycles. The van der Waals surface area contributed by atoms with Crippen LogP contribution in [-0.4, -0.2) is 30.8 Å². The maximum Gasteiger partial charge on any atom is 0.228 e. The van der Waals surface area contributed by atoms with Crippen molar-refractivity contribution < 1.29 is 9.59 Å². The van der Waals surface area contributed by atoms with Crippen LogP contribution in [0.2, 0.25) is 0 Å².